The van der Waals surface area contributed by atoms with Crippen molar-refractivity contribution in [2.24, 2.45) is 4.99 Å². The van der Waals surface area contributed by atoms with Crippen LogP contribution in [0.15, 0.2) is 79.8 Å². The largest absolute Gasteiger partial charge is 0.463 e. The number of esters is 1. The molecule has 2 aliphatic rings. The lowest BCUT2D eigenvalue weighted by atomic mass is 9.97. The Hall–Kier alpha value is -3.73. The maximum absolute atomic E-state index is 13.9. The number of fused-ring (bicyclic) bond motifs is 1. The molecule has 1 fully saturated rings. The number of piperazine rings is 1. The first kappa shape index (κ1) is 25.5. The Balaban J connectivity index is 1.49. The summed E-state index contributed by atoms with van der Waals surface area (Å²) < 4.78 is 13.7. The van der Waals surface area contributed by atoms with Crippen LogP contribution in [-0.4, -0.2) is 55.3 Å². The molecular formula is C29H28N4O4S2. The van der Waals surface area contributed by atoms with Gasteiger partial charge in [-0.05, 0) is 31.5 Å². The molecule has 0 aliphatic carbocycles. The van der Waals surface area contributed by atoms with E-state index >= 15 is 0 Å². The summed E-state index contributed by atoms with van der Waals surface area (Å²) in [7, 11) is 2.12. The van der Waals surface area contributed by atoms with Gasteiger partial charge in [-0.25, -0.2) is 9.79 Å². The number of rotatable bonds is 6. The highest BCUT2D eigenvalue weighted by Crippen LogP contribution is 2.36. The van der Waals surface area contributed by atoms with Gasteiger partial charge in [-0.3, -0.25) is 9.36 Å². The molecule has 10 heteroatoms. The molecule has 8 nitrogen and oxygen atoms in total. The highest BCUT2D eigenvalue weighted by atomic mass is 32.1. The fraction of sp³-hybridized carbons (Fsp3) is 0.276. The number of furan rings is 1. The predicted molar refractivity (Wildman–Crippen MR) is 154 cm³/mol. The van der Waals surface area contributed by atoms with E-state index in [1.807, 2.05) is 60.0 Å². The fourth-order valence-corrected chi connectivity index (χ4v) is 6.71. The van der Waals surface area contributed by atoms with E-state index in [9.17, 15) is 9.59 Å². The number of anilines is 1. The van der Waals surface area contributed by atoms with Crippen molar-refractivity contribution in [3.63, 3.8) is 0 Å². The Kier molecular flexibility index (Phi) is 7.07. The summed E-state index contributed by atoms with van der Waals surface area (Å²) in [6, 6.07) is 16.6. The third-order valence-corrected chi connectivity index (χ3v) is 8.79. The molecule has 0 amide bonds. The minimum Gasteiger partial charge on any atom is -0.463 e. The zero-order chi connectivity index (χ0) is 26.9. The van der Waals surface area contributed by atoms with Crippen molar-refractivity contribution in [2.45, 2.75) is 13.0 Å². The molecule has 1 aromatic carbocycles. The summed E-state index contributed by atoms with van der Waals surface area (Å²) in [5, 5.41) is 1.94. The van der Waals surface area contributed by atoms with E-state index in [0.29, 0.717) is 26.4 Å². The molecule has 5 heterocycles. The van der Waals surface area contributed by atoms with Crippen LogP contribution < -0.4 is 19.8 Å². The molecule has 1 saturated heterocycles. The maximum atomic E-state index is 13.9. The molecule has 6 rings (SSSR count). The van der Waals surface area contributed by atoms with E-state index in [0.717, 1.165) is 42.5 Å². The number of hydrogen-bond acceptors (Lipinski definition) is 9. The Labute approximate surface area is 233 Å². The van der Waals surface area contributed by atoms with Gasteiger partial charge in [0, 0.05) is 48.8 Å². The molecule has 0 saturated carbocycles. The van der Waals surface area contributed by atoms with Gasteiger partial charge in [0.05, 0.1) is 22.4 Å². The molecule has 0 N–H and O–H groups in total. The zero-order valence-corrected chi connectivity index (χ0v) is 23.3. The average Bonchev–Trinajstić information content (AvgIpc) is 3.71. The minimum atomic E-state index is -0.643. The third-order valence-electron chi connectivity index (χ3n) is 6.89. The number of thiazole rings is 1. The summed E-state index contributed by atoms with van der Waals surface area (Å²) in [6.45, 7) is 5.74. The van der Waals surface area contributed by atoms with E-state index in [4.69, 9.17) is 14.1 Å². The Bertz CT molecular complexity index is 1690. The van der Waals surface area contributed by atoms with Crippen molar-refractivity contribution in [3.8, 4) is 0 Å². The number of aromatic nitrogens is 1. The van der Waals surface area contributed by atoms with E-state index in [1.54, 1.807) is 17.6 Å². The molecule has 1 atom stereocenters. The molecule has 0 bridgehead atoms. The molecule has 3 aromatic heterocycles. The van der Waals surface area contributed by atoms with E-state index in [2.05, 4.69) is 16.8 Å². The first-order valence-corrected chi connectivity index (χ1v) is 14.6. The van der Waals surface area contributed by atoms with Gasteiger partial charge in [0.2, 0.25) is 0 Å². The van der Waals surface area contributed by atoms with Crippen LogP contribution in [0.2, 0.25) is 0 Å². The van der Waals surface area contributed by atoms with Crippen molar-refractivity contribution in [1.82, 2.24) is 9.47 Å². The average molecular weight is 561 g/mol. The van der Waals surface area contributed by atoms with Crippen molar-refractivity contribution in [1.29, 1.82) is 0 Å². The second kappa shape index (κ2) is 10.8. The van der Waals surface area contributed by atoms with Crippen LogP contribution in [0.4, 0.5) is 5.88 Å². The van der Waals surface area contributed by atoms with Gasteiger partial charge in [-0.15, -0.1) is 11.3 Å². The second-order valence-electron chi connectivity index (χ2n) is 9.41. The molecule has 0 unspecified atom stereocenters. The summed E-state index contributed by atoms with van der Waals surface area (Å²) >= 11 is 2.79. The van der Waals surface area contributed by atoms with Crippen molar-refractivity contribution in [2.75, 3.05) is 44.7 Å². The van der Waals surface area contributed by atoms with Crippen molar-refractivity contribution >= 4 is 46.3 Å². The minimum absolute atomic E-state index is 0.219. The topological polar surface area (TPSA) is 80.3 Å². The fourth-order valence-electron chi connectivity index (χ4n) is 4.90. The molecule has 4 aromatic rings. The number of hydrogen-bond donors (Lipinski definition) is 0. The monoisotopic (exact) mass is 560 g/mol. The Morgan fingerprint density at radius 3 is 2.62 bits per heavy atom. The van der Waals surface area contributed by atoms with Gasteiger partial charge in [-0.2, -0.15) is 0 Å². The van der Waals surface area contributed by atoms with Crippen LogP contribution in [0.5, 0.6) is 0 Å². The molecule has 200 valence electrons. The normalized spacial score (nSPS) is 18.3. The highest BCUT2D eigenvalue weighted by molar-refractivity contribution is 7.10. The van der Waals surface area contributed by atoms with Crippen LogP contribution in [0.3, 0.4) is 0 Å². The molecule has 0 spiro atoms. The lowest BCUT2D eigenvalue weighted by Crippen LogP contribution is -2.44. The van der Waals surface area contributed by atoms with Gasteiger partial charge < -0.3 is 19.0 Å². The SMILES string of the molecule is CCOC(=O)C1=C(c2ccccc2)N=c2s/c(=C\c3ccc(N4CCN(C)CC4)o3)c(=O)n2[C@@H]1c1cccs1. The quantitative estimate of drug-likeness (QED) is 0.337. The molecular weight excluding hydrogens is 532 g/mol. The number of ether oxygens (including phenoxy) is 1. The smallest absolute Gasteiger partial charge is 0.338 e. The number of benzene rings is 1. The van der Waals surface area contributed by atoms with Crippen LogP contribution in [0.1, 0.15) is 29.2 Å². The number of likely N-dealkylation sites (N-methyl/N-ethyl adjacent to an activating group) is 1. The van der Waals surface area contributed by atoms with Gasteiger partial charge in [0.15, 0.2) is 10.7 Å². The second-order valence-corrected chi connectivity index (χ2v) is 11.4. The summed E-state index contributed by atoms with van der Waals surface area (Å²) in [4.78, 5) is 38.1. The van der Waals surface area contributed by atoms with Crippen LogP contribution in [0, 0.1) is 0 Å². The van der Waals surface area contributed by atoms with Gasteiger partial charge in [0.1, 0.15) is 11.8 Å². The number of carbonyl (C=O) groups excluding carboxylic acids is 1. The number of thiophene rings is 1. The molecule has 39 heavy (non-hydrogen) atoms. The summed E-state index contributed by atoms with van der Waals surface area (Å²) in [6.07, 6.45) is 1.77. The maximum Gasteiger partial charge on any atom is 0.338 e. The van der Waals surface area contributed by atoms with E-state index in [1.165, 1.54) is 22.7 Å². The van der Waals surface area contributed by atoms with Crippen molar-refractivity contribution in [3.05, 3.63) is 101 Å². The highest BCUT2D eigenvalue weighted by Gasteiger charge is 2.35. The zero-order valence-electron chi connectivity index (χ0n) is 21.7. The molecule has 0 radical (unpaired) electrons. The first-order valence-electron chi connectivity index (χ1n) is 12.9. The van der Waals surface area contributed by atoms with E-state index in [-0.39, 0.29) is 12.2 Å². The Morgan fingerprint density at radius 1 is 1.10 bits per heavy atom. The third kappa shape index (κ3) is 4.91. The molecule has 2 aliphatic heterocycles. The number of nitrogens with zero attached hydrogens (tertiary/aromatic N) is 4. The van der Waals surface area contributed by atoms with Crippen LogP contribution in [-0.2, 0) is 9.53 Å². The Morgan fingerprint density at radius 2 is 1.90 bits per heavy atom. The standard InChI is InChI=1S/C29H28N4O4S2/c1-3-36-28(35)24-25(19-8-5-4-6-9-19)30-29-33(26(24)21-10-7-17-38-21)27(34)22(39-29)18-20-11-12-23(37-20)32-15-13-31(2)14-16-32/h4-12,17-18,26H,3,13-16H2,1-2H3/b22-18-/t26-/m1/s1. The lowest BCUT2D eigenvalue weighted by molar-refractivity contribution is -0.138. The van der Waals surface area contributed by atoms with Gasteiger partial charge >= 0.3 is 5.97 Å². The summed E-state index contributed by atoms with van der Waals surface area (Å²) in [5.41, 5.74) is 1.46. The first-order chi connectivity index (χ1) is 19.0. The van der Waals surface area contributed by atoms with Crippen LogP contribution >= 0.6 is 22.7 Å². The van der Waals surface area contributed by atoms with Gasteiger partial charge in [0.25, 0.3) is 5.56 Å². The van der Waals surface area contributed by atoms with E-state index < -0.39 is 12.0 Å². The van der Waals surface area contributed by atoms with Gasteiger partial charge in [-0.1, -0.05) is 47.7 Å². The summed E-state index contributed by atoms with van der Waals surface area (Å²) in [5.74, 6) is 0.931. The van der Waals surface area contributed by atoms with Crippen molar-refractivity contribution < 1.29 is 13.9 Å². The number of carbonyl (C=O) groups is 1. The van der Waals surface area contributed by atoms with Crippen LogP contribution in [0.25, 0.3) is 11.8 Å². The predicted octanol–water partition coefficient (Wildman–Crippen LogP) is 3.34. The lowest BCUT2D eigenvalue weighted by Gasteiger charge is -2.32.